The maximum absolute atomic E-state index is 14.2. The minimum Gasteiger partial charge on any atom is -0.497 e. The molecule has 0 saturated heterocycles. The highest BCUT2D eigenvalue weighted by atomic mass is 19.1. The van der Waals surface area contributed by atoms with Gasteiger partial charge in [0.15, 0.2) is 11.6 Å². The van der Waals surface area contributed by atoms with E-state index in [9.17, 15) is 9.18 Å². The van der Waals surface area contributed by atoms with Crippen LogP contribution in [0, 0.1) is 5.82 Å². The van der Waals surface area contributed by atoms with Crippen molar-refractivity contribution >= 4 is 5.91 Å². The zero-order chi connectivity index (χ0) is 21.1. The molecule has 30 heavy (non-hydrogen) atoms. The third-order valence-corrected chi connectivity index (χ3v) is 5.27. The number of amides is 1. The summed E-state index contributed by atoms with van der Waals surface area (Å²) in [6.45, 7) is 4.47. The Morgan fingerprint density at radius 1 is 1.30 bits per heavy atom. The van der Waals surface area contributed by atoms with E-state index >= 15 is 0 Å². The van der Waals surface area contributed by atoms with Gasteiger partial charge in [0.1, 0.15) is 17.4 Å². The Hall–Kier alpha value is -3.20. The number of nitrogens with one attached hydrogen (secondary N) is 1. The van der Waals surface area contributed by atoms with Crippen molar-refractivity contribution in [1.82, 2.24) is 25.0 Å². The van der Waals surface area contributed by atoms with Gasteiger partial charge >= 0.3 is 0 Å². The van der Waals surface area contributed by atoms with Crippen molar-refractivity contribution in [3.63, 3.8) is 0 Å². The molecule has 158 valence electrons. The fourth-order valence-electron chi connectivity index (χ4n) is 3.65. The summed E-state index contributed by atoms with van der Waals surface area (Å²) in [7, 11) is 1.57. The highest BCUT2D eigenvalue weighted by molar-refractivity contribution is 5.91. The molecule has 1 aliphatic rings. The molecule has 0 bridgehead atoms. The van der Waals surface area contributed by atoms with Crippen LogP contribution in [0.3, 0.4) is 0 Å². The number of aromatic nitrogens is 3. The zero-order valence-electron chi connectivity index (χ0n) is 17.0. The van der Waals surface area contributed by atoms with Crippen LogP contribution in [0.25, 0.3) is 0 Å². The number of halogens is 1. The number of fused-ring (bicyclic) bond motifs is 1. The van der Waals surface area contributed by atoms with Crippen LogP contribution in [0.2, 0.25) is 0 Å². The molecule has 2 aromatic heterocycles. The fraction of sp³-hybridized carbons (Fsp3) is 0.381. The van der Waals surface area contributed by atoms with E-state index in [0.29, 0.717) is 43.2 Å². The van der Waals surface area contributed by atoms with Crippen molar-refractivity contribution in [2.45, 2.75) is 32.5 Å². The van der Waals surface area contributed by atoms with E-state index in [1.54, 1.807) is 31.4 Å². The van der Waals surface area contributed by atoms with Crippen LogP contribution in [0.15, 0.2) is 41.0 Å². The number of furan rings is 1. The predicted octanol–water partition coefficient (Wildman–Crippen LogP) is 2.57. The van der Waals surface area contributed by atoms with Gasteiger partial charge in [0.05, 0.1) is 19.4 Å². The quantitative estimate of drug-likeness (QED) is 0.669. The summed E-state index contributed by atoms with van der Waals surface area (Å²) in [6, 6.07) is 7.74. The summed E-state index contributed by atoms with van der Waals surface area (Å²) in [5, 5.41) is 11.5. The number of benzene rings is 1. The highest BCUT2D eigenvalue weighted by Crippen LogP contribution is 2.21. The van der Waals surface area contributed by atoms with Crippen molar-refractivity contribution in [1.29, 1.82) is 0 Å². The smallest absolute Gasteiger partial charge is 0.287 e. The van der Waals surface area contributed by atoms with Gasteiger partial charge in [0.25, 0.3) is 5.91 Å². The van der Waals surface area contributed by atoms with Gasteiger partial charge in [0.2, 0.25) is 0 Å². The molecule has 8 nitrogen and oxygen atoms in total. The van der Waals surface area contributed by atoms with E-state index in [2.05, 4.69) is 20.4 Å². The van der Waals surface area contributed by atoms with E-state index in [0.717, 1.165) is 12.4 Å². The number of hydrogen-bond donors (Lipinski definition) is 1. The van der Waals surface area contributed by atoms with Crippen LogP contribution in [-0.4, -0.2) is 45.8 Å². The first-order valence-electron chi connectivity index (χ1n) is 9.86. The normalized spacial score (nSPS) is 15.3. The predicted molar refractivity (Wildman–Crippen MR) is 107 cm³/mol. The summed E-state index contributed by atoms with van der Waals surface area (Å²) < 4.78 is 26.6. The van der Waals surface area contributed by atoms with Crippen LogP contribution < -0.4 is 10.1 Å². The van der Waals surface area contributed by atoms with E-state index < -0.39 is 0 Å². The van der Waals surface area contributed by atoms with E-state index in [1.807, 2.05) is 11.5 Å². The third-order valence-electron chi connectivity index (χ3n) is 5.27. The molecule has 1 atom stereocenters. The second-order valence-corrected chi connectivity index (χ2v) is 7.28. The number of methoxy groups -OCH3 is 1. The molecule has 0 aliphatic carbocycles. The van der Waals surface area contributed by atoms with Crippen molar-refractivity contribution in [2.75, 3.05) is 20.2 Å². The summed E-state index contributed by atoms with van der Waals surface area (Å²) in [5.74, 6) is 1.91. The molecule has 1 amide bonds. The number of carbonyl (C=O) groups is 1. The van der Waals surface area contributed by atoms with Gasteiger partial charge in [-0.1, -0.05) is 0 Å². The first-order chi connectivity index (χ1) is 14.5. The van der Waals surface area contributed by atoms with Crippen LogP contribution in [0.4, 0.5) is 4.39 Å². The Balaban J connectivity index is 1.43. The largest absolute Gasteiger partial charge is 0.497 e. The molecule has 0 fully saturated rings. The molecule has 1 aromatic carbocycles. The monoisotopic (exact) mass is 413 g/mol. The summed E-state index contributed by atoms with van der Waals surface area (Å²) in [5.41, 5.74) is 0.603. The number of ether oxygens (including phenoxy) is 1. The van der Waals surface area contributed by atoms with Crippen LogP contribution >= 0.6 is 0 Å². The van der Waals surface area contributed by atoms with Gasteiger partial charge in [-0.25, -0.2) is 4.39 Å². The lowest BCUT2D eigenvalue weighted by molar-refractivity contribution is 0.0909. The van der Waals surface area contributed by atoms with Crippen LogP contribution in [0.5, 0.6) is 5.75 Å². The van der Waals surface area contributed by atoms with E-state index in [1.165, 1.54) is 12.3 Å². The van der Waals surface area contributed by atoms with Gasteiger partial charge in [-0.05, 0) is 37.3 Å². The first-order valence-corrected chi connectivity index (χ1v) is 9.86. The summed E-state index contributed by atoms with van der Waals surface area (Å²) >= 11 is 0. The van der Waals surface area contributed by atoms with Gasteiger partial charge < -0.3 is 19.0 Å². The molecule has 1 N–H and O–H groups in total. The third kappa shape index (κ3) is 4.20. The first kappa shape index (κ1) is 20.1. The van der Waals surface area contributed by atoms with Crippen molar-refractivity contribution < 1.29 is 18.3 Å². The minimum absolute atomic E-state index is 0.241. The highest BCUT2D eigenvalue weighted by Gasteiger charge is 2.24. The Morgan fingerprint density at radius 2 is 2.17 bits per heavy atom. The molecule has 0 spiro atoms. The van der Waals surface area contributed by atoms with Crippen LogP contribution in [0.1, 0.15) is 40.7 Å². The molecule has 3 heterocycles. The molecule has 0 saturated carbocycles. The average molecular weight is 413 g/mol. The van der Waals surface area contributed by atoms with Crippen molar-refractivity contribution in [3.05, 3.63) is 65.4 Å². The van der Waals surface area contributed by atoms with Gasteiger partial charge in [-0.15, -0.1) is 10.2 Å². The van der Waals surface area contributed by atoms with Gasteiger partial charge in [-0.2, -0.15) is 0 Å². The molecule has 1 aliphatic heterocycles. The van der Waals surface area contributed by atoms with E-state index in [4.69, 9.17) is 9.15 Å². The lowest BCUT2D eigenvalue weighted by Gasteiger charge is -2.20. The molecule has 4 rings (SSSR count). The molecule has 0 unspecified atom stereocenters. The SMILES string of the molecule is COc1ccc(F)c(CN2CCc3nnc([C@H](C)NC(=O)c4ccco4)n3CC2)c1. The standard InChI is InChI=1S/C21H24FN5O3/c1-14(23-21(28)18-4-3-11-30-18)20-25-24-19-7-8-26(9-10-27(19)20)13-15-12-16(29-2)5-6-17(15)22/h3-6,11-12,14H,7-10,13H2,1-2H3,(H,23,28)/t14-/m0/s1. The number of carbonyl (C=O) groups excluding carboxylic acids is 1. The number of rotatable bonds is 6. The van der Waals surface area contributed by atoms with Gasteiger partial charge in [-0.3, -0.25) is 9.69 Å². The van der Waals surface area contributed by atoms with Crippen molar-refractivity contribution in [3.8, 4) is 5.75 Å². The lowest BCUT2D eigenvalue weighted by atomic mass is 10.2. The number of nitrogens with zero attached hydrogens (tertiary/aromatic N) is 4. The molecular weight excluding hydrogens is 389 g/mol. The zero-order valence-corrected chi connectivity index (χ0v) is 17.0. The van der Waals surface area contributed by atoms with Crippen molar-refractivity contribution in [2.24, 2.45) is 0 Å². The minimum atomic E-state index is -0.328. The molecule has 9 heteroatoms. The Bertz CT molecular complexity index is 1020. The topological polar surface area (TPSA) is 85.4 Å². The van der Waals surface area contributed by atoms with E-state index in [-0.39, 0.29) is 23.5 Å². The molecular formula is C21H24FN5O3. The second-order valence-electron chi connectivity index (χ2n) is 7.28. The molecule has 3 aromatic rings. The maximum atomic E-state index is 14.2. The summed E-state index contributed by atoms with van der Waals surface area (Å²) in [4.78, 5) is 14.5. The lowest BCUT2D eigenvalue weighted by Crippen LogP contribution is -2.30. The molecule has 0 radical (unpaired) electrons. The van der Waals surface area contributed by atoms with Crippen LogP contribution in [-0.2, 0) is 19.5 Å². The van der Waals surface area contributed by atoms with Gasteiger partial charge in [0, 0.05) is 38.2 Å². The maximum Gasteiger partial charge on any atom is 0.287 e. The number of hydrogen-bond acceptors (Lipinski definition) is 6. The second kappa shape index (κ2) is 8.66. The Kier molecular flexibility index (Phi) is 5.80. The average Bonchev–Trinajstić information content (AvgIpc) is 3.38. The fourth-order valence-corrected chi connectivity index (χ4v) is 3.65. The Labute approximate surface area is 173 Å². The summed E-state index contributed by atoms with van der Waals surface area (Å²) in [6.07, 6.45) is 2.15. The Morgan fingerprint density at radius 3 is 2.93 bits per heavy atom.